The minimum atomic E-state index is -0.445. The van der Waals surface area contributed by atoms with Gasteiger partial charge >= 0.3 is 128 Å². The van der Waals surface area contributed by atoms with Gasteiger partial charge in [0.15, 0.2) is 0 Å². The Morgan fingerprint density at radius 3 is 2.52 bits per heavy atom. The number of benzene rings is 2. The monoisotopic (exact) mass is 340 g/mol. The molecule has 0 fully saturated rings. The summed E-state index contributed by atoms with van der Waals surface area (Å²) in [5.74, 6) is 0. The van der Waals surface area contributed by atoms with Crippen molar-refractivity contribution in [3.05, 3.63) is 76.6 Å². The van der Waals surface area contributed by atoms with Crippen LogP contribution in [0.1, 0.15) is 5.56 Å². The van der Waals surface area contributed by atoms with Crippen LogP contribution < -0.4 is 9.89 Å². The fourth-order valence-electron chi connectivity index (χ4n) is 2.35. The number of nitrogens with zero attached hydrogens (tertiary/aromatic N) is 2. The Bertz CT molecular complexity index is 879. The van der Waals surface area contributed by atoms with E-state index in [9.17, 15) is 4.79 Å². The predicted molar refractivity (Wildman–Crippen MR) is 84.8 cm³/mol. The zero-order valence-corrected chi connectivity index (χ0v) is 12.9. The van der Waals surface area contributed by atoms with Crippen molar-refractivity contribution in [2.45, 2.75) is 6.54 Å². The van der Waals surface area contributed by atoms with Gasteiger partial charge in [-0.2, -0.15) is 0 Å². The molecule has 0 radical (unpaired) electrons. The normalized spacial score (nSPS) is 10.4. The molecule has 0 atom stereocenters. The van der Waals surface area contributed by atoms with Gasteiger partial charge in [0.05, 0.1) is 0 Å². The zero-order valence-electron chi connectivity index (χ0n) is 11.2. The maximum absolute atomic E-state index is 12.4. The van der Waals surface area contributed by atoms with E-state index in [0.29, 0.717) is 16.4 Å². The van der Waals surface area contributed by atoms with E-state index in [-0.39, 0.29) is 5.43 Å². The maximum atomic E-state index is 12.4. The van der Waals surface area contributed by atoms with Crippen LogP contribution in [-0.2, 0) is 6.54 Å². The Morgan fingerprint density at radius 1 is 1.05 bits per heavy atom. The predicted octanol–water partition coefficient (Wildman–Crippen LogP) is 1.86. The zero-order chi connectivity index (χ0) is 14.7. The van der Waals surface area contributed by atoms with Crippen LogP contribution in [0.2, 0.25) is 0 Å². The van der Waals surface area contributed by atoms with Crippen molar-refractivity contribution in [1.29, 1.82) is 5.26 Å². The third-order valence-corrected chi connectivity index (χ3v) is 4.57. The number of aromatic nitrogens is 1. The van der Waals surface area contributed by atoms with Gasteiger partial charge in [-0.05, 0) is 0 Å². The van der Waals surface area contributed by atoms with Crippen molar-refractivity contribution in [3.63, 3.8) is 0 Å². The molecule has 0 aliphatic carbocycles. The molecule has 0 aliphatic heterocycles. The molecule has 1 heterocycles. The summed E-state index contributed by atoms with van der Waals surface area (Å²) >= 11 is -0.445. The van der Waals surface area contributed by atoms with Crippen LogP contribution in [-0.4, -0.2) is 19.5 Å². The van der Waals surface area contributed by atoms with Crippen LogP contribution in [0, 0.1) is 10.2 Å². The van der Waals surface area contributed by atoms with Crippen LogP contribution in [0.4, 0.5) is 0 Å². The first-order valence-corrected chi connectivity index (χ1v) is 8.23. The van der Waals surface area contributed by atoms with E-state index < -0.39 is 15.0 Å². The average molecular weight is 339 g/mol. The molecule has 0 amide bonds. The molecule has 0 saturated carbocycles. The molecule has 0 N–H and O–H groups in total. The van der Waals surface area contributed by atoms with Gasteiger partial charge in [-0.1, -0.05) is 0 Å². The average Bonchev–Trinajstić information content (AvgIpc) is 2.53. The summed E-state index contributed by atoms with van der Waals surface area (Å²) in [5, 5.41) is 9.61. The first-order valence-electron chi connectivity index (χ1n) is 6.51. The number of fused-ring (bicyclic) bond motifs is 1. The summed E-state index contributed by atoms with van der Waals surface area (Å²) in [6.07, 6.45) is 1.83. The second-order valence-electron chi connectivity index (χ2n) is 4.65. The molecule has 4 heteroatoms. The van der Waals surface area contributed by atoms with Gasteiger partial charge in [-0.25, -0.2) is 0 Å². The SMILES string of the molecule is N#C[Se]c1cn(Cc2ccccc2)c2ccccc2c1=O. The minimum absolute atomic E-state index is 0.0172. The summed E-state index contributed by atoms with van der Waals surface area (Å²) in [6, 6.07) is 17.7. The van der Waals surface area contributed by atoms with Crippen LogP contribution in [0.3, 0.4) is 0 Å². The van der Waals surface area contributed by atoms with Gasteiger partial charge in [0, 0.05) is 0 Å². The number of pyridine rings is 1. The van der Waals surface area contributed by atoms with Crippen molar-refractivity contribution in [2.24, 2.45) is 0 Å². The van der Waals surface area contributed by atoms with E-state index in [2.05, 4.69) is 21.7 Å². The number of hydrogen-bond acceptors (Lipinski definition) is 2. The van der Waals surface area contributed by atoms with E-state index in [1.807, 2.05) is 48.7 Å². The Labute approximate surface area is 128 Å². The fourth-order valence-corrected chi connectivity index (χ4v) is 3.36. The number of hydrogen-bond donors (Lipinski definition) is 0. The molecule has 0 aliphatic rings. The van der Waals surface area contributed by atoms with E-state index in [4.69, 9.17) is 5.26 Å². The van der Waals surface area contributed by atoms with Crippen LogP contribution in [0.25, 0.3) is 10.9 Å². The van der Waals surface area contributed by atoms with Gasteiger partial charge in [-0.3, -0.25) is 0 Å². The van der Waals surface area contributed by atoms with Crippen LogP contribution in [0.5, 0.6) is 0 Å². The Kier molecular flexibility index (Phi) is 3.87. The third kappa shape index (κ3) is 2.75. The first kappa shape index (κ1) is 13.6. The van der Waals surface area contributed by atoms with Gasteiger partial charge in [0.2, 0.25) is 0 Å². The molecule has 21 heavy (non-hydrogen) atoms. The standard InChI is InChI=1S/C17H12N2OSe/c18-12-21-16-11-19(10-13-6-2-1-3-7-13)15-9-5-4-8-14(15)17(16)20/h1-9,11H,10H2. The Hall–Kier alpha value is -2.34. The van der Waals surface area contributed by atoms with E-state index in [0.717, 1.165) is 5.52 Å². The van der Waals surface area contributed by atoms with Crippen molar-refractivity contribution in [1.82, 2.24) is 4.57 Å². The second kappa shape index (κ2) is 5.97. The number of para-hydroxylation sites is 1. The second-order valence-corrected chi connectivity index (χ2v) is 6.38. The Morgan fingerprint density at radius 2 is 1.76 bits per heavy atom. The van der Waals surface area contributed by atoms with Gasteiger partial charge in [0.25, 0.3) is 0 Å². The van der Waals surface area contributed by atoms with Gasteiger partial charge in [0.1, 0.15) is 0 Å². The number of nitriles is 1. The summed E-state index contributed by atoms with van der Waals surface area (Å²) < 4.78 is 2.67. The summed E-state index contributed by atoms with van der Waals surface area (Å²) in [6.45, 7) is 0.691. The van der Waals surface area contributed by atoms with E-state index in [1.165, 1.54) is 5.56 Å². The molecular formula is C17H12N2OSe. The molecule has 3 rings (SSSR count). The first-order chi connectivity index (χ1) is 10.3. The van der Waals surface area contributed by atoms with E-state index in [1.54, 1.807) is 0 Å². The Balaban J connectivity index is 2.19. The van der Waals surface area contributed by atoms with Crippen molar-refractivity contribution >= 4 is 30.3 Å². The molecule has 102 valence electrons. The molecular weight excluding hydrogens is 327 g/mol. The van der Waals surface area contributed by atoms with E-state index >= 15 is 0 Å². The van der Waals surface area contributed by atoms with Crippen molar-refractivity contribution < 1.29 is 0 Å². The molecule has 1 aromatic heterocycles. The van der Waals surface area contributed by atoms with Crippen LogP contribution in [0.15, 0.2) is 65.6 Å². The van der Waals surface area contributed by atoms with Gasteiger partial charge < -0.3 is 0 Å². The van der Waals surface area contributed by atoms with Gasteiger partial charge in [-0.15, -0.1) is 0 Å². The molecule has 2 aromatic carbocycles. The molecule has 0 saturated heterocycles. The van der Waals surface area contributed by atoms with Crippen molar-refractivity contribution in [2.75, 3.05) is 0 Å². The summed E-state index contributed by atoms with van der Waals surface area (Å²) in [5.41, 5.74) is 2.06. The summed E-state index contributed by atoms with van der Waals surface area (Å²) in [7, 11) is 0. The molecule has 3 aromatic rings. The number of rotatable bonds is 3. The molecule has 0 unspecified atom stereocenters. The third-order valence-electron chi connectivity index (χ3n) is 3.31. The summed E-state index contributed by atoms with van der Waals surface area (Å²) in [4.78, 5) is 14.5. The quantitative estimate of drug-likeness (QED) is 0.684. The van der Waals surface area contributed by atoms with Crippen LogP contribution >= 0.6 is 0 Å². The molecule has 0 spiro atoms. The fraction of sp³-hybridized carbons (Fsp3) is 0.0588. The topological polar surface area (TPSA) is 45.8 Å². The molecule has 3 nitrogen and oxygen atoms in total. The molecule has 0 bridgehead atoms. The van der Waals surface area contributed by atoms with Crippen molar-refractivity contribution in [3.8, 4) is 4.97 Å².